The molecule has 27 heavy (non-hydrogen) atoms. The summed E-state index contributed by atoms with van der Waals surface area (Å²) >= 11 is 0. The van der Waals surface area contributed by atoms with Crippen LogP contribution < -0.4 is 4.74 Å². The second-order valence-electron chi connectivity index (χ2n) is 7.13. The lowest BCUT2D eigenvalue weighted by atomic mass is 9.96. The molecule has 7 heteroatoms. The van der Waals surface area contributed by atoms with E-state index in [0.29, 0.717) is 13.1 Å². The van der Waals surface area contributed by atoms with Gasteiger partial charge in [-0.05, 0) is 56.3 Å². The van der Waals surface area contributed by atoms with E-state index in [1.165, 1.54) is 10.5 Å². The van der Waals surface area contributed by atoms with Gasteiger partial charge in [0, 0.05) is 26.2 Å². The first-order valence-corrected chi connectivity index (χ1v) is 9.50. The third-order valence-electron chi connectivity index (χ3n) is 5.02. The van der Waals surface area contributed by atoms with Crippen LogP contribution in [0.5, 0.6) is 5.75 Å². The minimum atomic E-state index is -4.44. The van der Waals surface area contributed by atoms with Crippen molar-refractivity contribution >= 4 is 5.91 Å². The van der Waals surface area contributed by atoms with E-state index in [1.807, 2.05) is 18.2 Å². The lowest BCUT2D eigenvalue weighted by Gasteiger charge is -2.35. The van der Waals surface area contributed by atoms with Gasteiger partial charge in [0.05, 0.1) is 7.11 Å². The van der Waals surface area contributed by atoms with Crippen molar-refractivity contribution in [3.05, 3.63) is 29.8 Å². The number of halogens is 3. The van der Waals surface area contributed by atoms with E-state index in [-0.39, 0.29) is 5.92 Å². The molecule has 0 bridgehead atoms. The van der Waals surface area contributed by atoms with E-state index < -0.39 is 18.5 Å². The summed E-state index contributed by atoms with van der Waals surface area (Å²) in [7, 11) is 1.65. The molecule has 1 amide bonds. The van der Waals surface area contributed by atoms with Crippen LogP contribution in [-0.2, 0) is 11.2 Å². The standard InChI is InChI=1S/C20H29F3N2O2/c1-3-25(19(26)13-20(21,22)23)15-17-7-5-10-24(14-17)11-9-16-6-4-8-18(12-16)27-2/h4,6,8,12,17H,3,5,7,9-11,13-15H2,1-2H3/t17-/m0/s1. The summed E-state index contributed by atoms with van der Waals surface area (Å²) in [5.41, 5.74) is 1.20. The zero-order chi connectivity index (χ0) is 19.9. The zero-order valence-electron chi connectivity index (χ0n) is 16.1. The molecule has 0 radical (unpaired) electrons. The Bertz CT molecular complexity index is 607. The summed E-state index contributed by atoms with van der Waals surface area (Å²) in [6, 6.07) is 7.98. The largest absolute Gasteiger partial charge is 0.497 e. The van der Waals surface area contributed by atoms with Gasteiger partial charge in [-0.15, -0.1) is 0 Å². The van der Waals surface area contributed by atoms with Gasteiger partial charge in [0.1, 0.15) is 12.2 Å². The minimum absolute atomic E-state index is 0.223. The van der Waals surface area contributed by atoms with Gasteiger partial charge in [0.2, 0.25) is 5.91 Å². The van der Waals surface area contributed by atoms with Crippen LogP contribution in [0.15, 0.2) is 24.3 Å². The van der Waals surface area contributed by atoms with Crippen molar-refractivity contribution in [2.45, 2.75) is 38.8 Å². The number of benzene rings is 1. The molecule has 0 N–H and O–H groups in total. The minimum Gasteiger partial charge on any atom is -0.497 e. The summed E-state index contributed by atoms with van der Waals surface area (Å²) in [4.78, 5) is 15.6. The van der Waals surface area contributed by atoms with Crippen LogP contribution in [0.4, 0.5) is 13.2 Å². The lowest BCUT2D eigenvalue weighted by molar-refractivity contribution is -0.161. The molecule has 1 aromatic carbocycles. The van der Waals surface area contributed by atoms with Crippen molar-refractivity contribution in [2.24, 2.45) is 5.92 Å². The predicted octanol–water partition coefficient (Wildman–Crippen LogP) is 3.75. The van der Waals surface area contributed by atoms with Gasteiger partial charge in [-0.2, -0.15) is 13.2 Å². The first-order chi connectivity index (χ1) is 12.8. The Hall–Kier alpha value is -1.76. The average molecular weight is 386 g/mol. The van der Waals surface area contributed by atoms with Crippen LogP contribution >= 0.6 is 0 Å². The highest BCUT2D eigenvalue weighted by Crippen LogP contribution is 2.23. The van der Waals surface area contributed by atoms with Crippen molar-refractivity contribution in [1.82, 2.24) is 9.80 Å². The van der Waals surface area contributed by atoms with E-state index in [1.54, 1.807) is 14.0 Å². The molecule has 4 nitrogen and oxygen atoms in total. The third kappa shape index (κ3) is 7.40. The molecular weight excluding hydrogens is 357 g/mol. The number of hydrogen-bond acceptors (Lipinski definition) is 3. The third-order valence-corrected chi connectivity index (χ3v) is 5.02. The van der Waals surface area contributed by atoms with E-state index >= 15 is 0 Å². The molecule has 0 spiro atoms. The first-order valence-electron chi connectivity index (χ1n) is 9.50. The van der Waals surface area contributed by atoms with Gasteiger partial charge in [-0.25, -0.2) is 0 Å². The van der Waals surface area contributed by atoms with E-state index in [2.05, 4.69) is 11.0 Å². The Balaban J connectivity index is 1.84. The second-order valence-corrected chi connectivity index (χ2v) is 7.13. The van der Waals surface area contributed by atoms with Gasteiger partial charge in [0.25, 0.3) is 0 Å². The Morgan fingerprint density at radius 2 is 2.15 bits per heavy atom. The Morgan fingerprint density at radius 1 is 1.37 bits per heavy atom. The van der Waals surface area contributed by atoms with Crippen LogP contribution in [0.1, 0.15) is 31.7 Å². The number of carbonyl (C=O) groups is 1. The van der Waals surface area contributed by atoms with Crippen molar-refractivity contribution in [2.75, 3.05) is 39.8 Å². The van der Waals surface area contributed by atoms with Crippen LogP contribution in [-0.4, -0.2) is 61.7 Å². The van der Waals surface area contributed by atoms with Crippen molar-refractivity contribution < 1.29 is 22.7 Å². The summed E-state index contributed by atoms with van der Waals surface area (Å²) < 4.78 is 42.7. The number of rotatable bonds is 8. The predicted molar refractivity (Wildman–Crippen MR) is 98.8 cm³/mol. The molecular formula is C20H29F3N2O2. The summed E-state index contributed by atoms with van der Waals surface area (Å²) in [5.74, 6) is 0.241. The van der Waals surface area contributed by atoms with Gasteiger partial charge < -0.3 is 14.5 Å². The fourth-order valence-electron chi connectivity index (χ4n) is 3.62. The first kappa shape index (κ1) is 21.5. The molecule has 0 saturated carbocycles. The monoisotopic (exact) mass is 386 g/mol. The molecule has 1 saturated heterocycles. The fraction of sp³-hybridized carbons (Fsp3) is 0.650. The average Bonchev–Trinajstić information content (AvgIpc) is 2.63. The van der Waals surface area contributed by atoms with Crippen LogP contribution in [0, 0.1) is 5.92 Å². The normalized spacial score (nSPS) is 18.3. The molecule has 0 unspecified atom stereocenters. The highest BCUT2D eigenvalue weighted by molar-refractivity contribution is 5.76. The molecule has 1 fully saturated rings. The number of ether oxygens (including phenoxy) is 1. The molecule has 2 rings (SSSR count). The number of carbonyl (C=O) groups excluding carboxylic acids is 1. The summed E-state index contributed by atoms with van der Waals surface area (Å²) in [6.45, 7) is 5.16. The van der Waals surface area contributed by atoms with Crippen molar-refractivity contribution in [3.63, 3.8) is 0 Å². The lowest BCUT2D eigenvalue weighted by Crippen LogP contribution is -2.44. The molecule has 152 valence electrons. The van der Waals surface area contributed by atoms with Gasteiger partial charge >= 0.3 is 6.18 Å². The Morgan fingerprint density at radius 3 is 2.81 bits per heavy atom. The maximum Gasteiger partial charge on any atom is 0.397 e. The number of amides is 1. The van der Waals surface area contributed by atoms with Crippen LogP contribution in [0.3, 0.4) is 0 Å². The molecule has 1 aromatic rings. The maximum absolute atomic E-state index is 12.5. The Kier molecular flexibility index (Phi) is 7.95. The summed E-state index contributed by atoms with van der Waals surface area (Å²) in [5, 5.41) is 0. The van der Waals surface area contributed by atoms with Gasteiger partial charge in [0.15, 0.2) is 0 Å². The molecule has 1 aliphatic heterocycles. The smallest absolute Gasteiger partial charge is 0.397 e. The van der Waals surface area contributed by atoms with Crippen molar-refractivity contribution in [3.8, 4) is 5.75 Å². The Labute approximate surface area is 159 Å². The molecule has 1 heterocycles. The zero-order valence-corrected chi connectivity index (χ0v) is 16.1. The number of alkyl halides is 3. The molecule has 1 aliphatic rings. The summed E-state index contributed by atoms with van der Waals surface area (Å²) in [6.07, 6.45) is -2.96. The van der Waals surface area contributed by atoms with Crippen LogP contribution in [0.25, 0.3) is 0 Å². The van der Waals surface area contributed by atoms with Gasteiger partial charge in [-0.1, -0.05) is 12.1 Å². The fourth-order valence-corrected chi connectivity index (χ4v) is 3.62. The molecule has 0 aromatic heterocycles. The highest BCUT2D eigenvalue weighted by Gasteiger charge is 2.34. The van der Waals surface area contributed by atoms with E-state index in [0.717, 1.165) is 44.6 Å². The number of methoxy groups -OCH3 is 1. The SMILES string of the molecule is CCN(C[C@H]1CCCN(CCc2cccc(OC)c2)C1)C(=O)CC(F)(F)F. The number of hydrogen-bond donors (Lipinski definition) is 0. The molecule has 0 aliphatic carbocycles. The quantitative estimate of drug-likeness (QED) is 0.682. The number of piperidine rings is 1. The highest BCUT2D eigenvalue weighted by atomic mass is 19.4. The second kappa shape index (κ2) is 9.97. The van der Waals surface area contributed by atoms with Gasteiger partial charge in [-0.3, -0.25) is 4.79 Å². The van der Waals surface area contributed by atoms with E-state index in [9.17, 15) is 18.0 Å². The topological polar surface area (TPSA) is 32.8 Å². The van der Waals surface area contributed by atoms with Crippen LogP contribution in [0.2, 0.25) is 0 Å². The van der Waals surface area contributed by atoms with E-state index in [4.69, 9.17) is 4.74 Å². The maximum atomic E-state index is 12.5. The molecule has 1 atom stereocenters. The number of nitrogens with zero attached hydrogens (tertiary/aromatic N) is 2. The van der Waals surface area contributed by atoms with Crippen molar-refractivity contribution in [1.29, 1.82) is 0 Å². The number of likely N-dealkylation sites (tertiary alicyclic amines) is 1.